The molecule has 4 bridgehead atoms. The lowest BCUT2D eigenvalue weighted by Gasteiger charge is -2.54. The highest BCUT2D eigenvalue weighted by atomic mass is 35.5. The Labute approximate surface area is 83.6 Å². The fraction of sp³-hybridized carbons (Fsp3) is 1.00. The smallest absolute Gasteiger partial charge is 0.0406 e. The van der Waals surface area contributed by atoms with Crippen LogP contribution >= 0.6 is 23.2 Å². The van der Waals surface area contributed by atoms with Crippen molar-refractivity contribution in [2.24, 2.45) is 23.7 Å². The monoisotopic (exact) mass is 204 g/mol. The first kappa shape index (κ1) is 7.94. The van der Waals surface area contributed by atoms with Gasteiger partial charge in [0.15, 0.2) is 0 Å². The Bertz CT molecular complexity index is 186. The first-order chi connectivity index (χ1) is 5.75. The number of alkyl halides is 2. The van der Waals surface area contributed by atoms with Crippen molar-refractivity contribution in [3.63, 3.8) is 0 Å². The van der Waals surface area contributed by atoms with Gasteiger partial charge in [-0.25, -0.2) is 0 Å². The van der Waals surface area contributed by atoms with Crippen LogP contribution in [-0.2, 0) is 0 Å². The van der Waals surface area contributed by atoms with Crippen LogP contribution in [0.1, 0.15) is 25.7 Å². The summed E-state index contributed by atoms with van der Waals surface area (Å²) >= 11 is 12.8. The minimum Gasteiger partial charge on any atom is -0.122 e. The number of halogens is 2. The largest absolute Gasteiger partial charge is 0.122 e. The maximum atomic E-state index is 6.38. The summed E-state index contributed by atoms with van der Waals surface area (Å²) in [6.07, 6.45) is 5.42. The summed E-state index contributed by atoms with van der Waals surface area (Å²) in [7, 11) is 0. The van der Waals surface area contributed by atoms with Gasteiger partial charge in [0, 0.05) is 10.8 Å². The molecule has 0 nitrogen and oxygen atoms in total. The molecule has 68 valence electrons. The highest BCUT2D eigenvalue weighted by Gasteiger charge is 2.52. The van der Waals surface area contributed by atoms with Crippen molar-refractivity contribution in [2.75, 3.05) is 0 Å². The molecule has 4 rings (SSSR count). The van der Waals surface area contributed by atoms with E-state index < -0.39 is 0 Å². The van der Waals surface area contributed by atoms with Crippen molar-refractivity contribution in [2.45, 2.75) is 36.4 Å². The molecule has 0 N–H and O–H groups in total. The Morgan fingerprint density at radius 2 is 1.33 bits per heavy atom. The number of rotatable bonds is 0. The Morgan fingerprint density at radius 3 is 1.92 bits per heavy atom. The summed E-state index contributed by atoms with van der Waals surface area (Å²) in [5, 5.41) is 0.806. The molecule has 4 aliphatic rings. The van der Waals surface area contributed by atoms with E-state index in [1.54, 1.807) is 0 Å². The van der Waals surface area contributed by atoms with Crippen molar-refractivity contribution < 1.29 is 0 Å². The molecule has 0 aliphatic heterocycles. The molecule has 0 heterocycles. The zero-order chi connectivity index (χ0) is 8.29. The van der Waals surface area contributed by atoms with Gasteiger partial charge >= 0.3 is 0 Å². The Kier molecular flexibility index (Phi) is 1.68. The average molecular weight is 205 g/mol. The molecule has 0 saturated heterocycles. The predicted molar refractivity (Wildman–Crippen MR) is 51.7 cm³/mol. The van der Waals surface area contributed by atoms with Gasteiger partial charge in [-0.05, 0) is 49.4 Å². The van der Waals surface area contributed by atoms with E-state index in [4.69, 9.17) is 23.2 Å². The number of hydrogen-bond donors (Lipinski definition) is 0. The summed E-state index contributed by atoms with van der Waals surface area (Å²) in [6.45, 7) is 0. The van der Waals surface area contributed by atoms with Crippen molar-refractivity contribution >= 4 is 23.2 Å². The molecule has 4 atom stereocenters. The third kappa shape index (κ3) is 0.915. The lowest BCUT2D eigenvalue weighted by Crippen LogP contribution is -2.52. The fourth-order valence-electron chi connectivity index (χ4n) is 3.77. The van der Waals surface area contributed by atoms with Crippen molar-refractivity contribution in [3.8, 4) is 0 Å². The topological polar surface area (TPSA) is 0 Å². The molecule has 0 radical (unpaired) electrons. The second kappa shape index (κ2) is 2.54. The van der Waals surface area contributed by atoms with Crippen LogP contribution in [0.3, 0.4) is 0 Å². The summed E-state index contributed by atoms with van der Waals surface area (Å²) in [5.41, 5.74) is 0. The third-order valence-electron chi connectivity index (χ3n) is 4.20. The van der Waals surface area contributed by atoms with Gasteiger partial charge in [-0.15, -0.1) is 23.2 Å². The molecule has 0 amide bonds. The molecule has 2 heteroatoms. The van der Waals surface area contributed by atoms with E-state index in [1.165, 1.54) is 25.7 Å². The fourth-order valence-corrected chi connectivity index (χ4v) is 4.77. The molecule has 12 heavy (non-hydrogen) atoms. The van der Waals surface area contributed by atoms with Gasteiger partial charge in [0.2, 0.25) is 0 Å². The van der Waals surface area contributed by atoms with E-state index in [0.717, 1.165) is 17.8 Å². The quantitative estimate of drug-likeness (QED) is 0.532. The highest BCUT2D eigenvalue weighted by Crippen LogP contribution is 2.57. The first-order valence-electron chi connectivity index (χ1n) is 5.04. The van der Waals surface area contributed by atoms with Crippen LogP contribution < -0.4 is 0 Å². The van der Waals surface area contributed by atoms with Crippen molar-refractivity contribution in [1.29, 1.82) is 0 Å². The van der Waals surface area contributed by atoms with E-state index in [0.29, 0.717) is 16.7 Å². The first-order valence-corrected chi connectivity index (χ1v) is 5.91. The Hall–Kier alpha value is 0.580. The molecule has 0 aromatic carbocycles. The molecule has 0 aromatic heterocycles. The predicted octanol–water partition coefficient (Wildman–Crippen LogP) is 3.27. The highest BCUT2D eigenvalue weighted by molar-refractivity contribution is 6.24. The van der Waals surface area contributed by atoms with Crippen molar-refractivity contribution in [1.82, 2.24) is 0 Å². The van der Waals surface area contributed by atoms with Gasteiger partial charge in [0.1, 0.15) is 0 Å². The molecular weight excluding hydrogens is 191 g/mol. The number of hydrogen-bond acceptors (Lipinski definition) is 0. The van der Waals surface area contributed by atoms with E-state index in [9.17, 15) is 0 Å². The lowest BCUT2D eigenvalue weighted by molar-refractivity contribution is 0.0288. The summed E-state index contributed by atoms with van der Waals surface area (Å²) in [5.74, 6) is 3.24. The van der Waals surface area contributed by atoms with Crippen molar-refractivity contribution in [3.05, 3.63) is 0 Å². The zero-order valence-corrected chi connectivity index (χ0v) is 8.56. The van der Waals surface area contributed by atoms with Crippen LogP contribution in [0.15, 0.2) is 0 Å². The molecule has 0 spiro atoms. The van der Waals surface area contributed by atoms with E-state index in [2.05, 4.69) is 0 Å². The second-order valence-corrected chi connectivity index (χ2v) is 5.89. The molecule has 4 saturated carbocycles. The third-order valence-corrected chi connectivity index (χ3v) is 5.56. The summed E-state index contributed by atoms with van der Waals surface area (Å²) < 4.78 is 0. The van der Waals surface area contributed by atoms with E-state index >= 15 is 0 Å². The molecule has 2 unspecified atom stereocenters. The van der Waals surface area contributed by atoms with Crippen LogP contribution in [-0.4, -0.2) is 10.8 Å². The van der Waals surface area contributed by atoms with Gasteiger partial charge < -0.3 is 0 Å². The molecule has 4 fully saturated rings. The summed E-state index contributed by atoms with van der Waals surface area (Å²) in [4.78, 5) is 0. The van der Waals surface area contributed by atoms with Crippen LogP contribution in [0.5, 0.6) is 0 Å². The van der Waals surface area contributed by atoms with Gasteiger partial charge in [0.05, 0.1) is 0 Å². The van der Waals surface area contributed by atoms with E-state index in [-0.39, 0.29) is 0 Å². The van der Waals surface area contributed by atoms with Crippen LogP contribution in [0.4, 0.5) is 0 Å². The molecule has 0 aromatic rings. The zero-order valence-electron chi connectivity index (χ0n) is 7.05. The SMILES string of the molecule is Cl[C@@H]1C2CC3CC(C2)[C@@H](Cl)C1C3. The van der Waals surface area contributed by atoms with Gasteiger partial charge in [0.25, 0.3) is 0 Å². The van der Waals surface area contributed by atoms with Gasteiger partial charge in [-0.3, -0.25) is 0 Å². The van der Waals surface area contributed by atoms with Crippen LogP contribution in [0, 0.1) is 23.7 Å². The molecule has 4 aliphatic carbocycles. The normalized spacial score (nSPS) is 62.5. The second-order valence-electron chi connectivity index (χ2n) is 4.88. The maximum absolute atomic E-state index is 6.38. The average Bonchev–Trinajstić information content (AvgIpc) is 2.07. The van der Waals surface area contributed by atoms with Crippen LogP contribution in [0.2, 0.25) is 0 Å². The summed E-state index contributed by atoms with van der Waals surface area (Å²) in [6, 6.07) is 0. The van der Waals surface area contributed by atoms with Crippen LogP contribution in [0.25, 0.3) is 0 Å². The Morgan fingerprint density at radius 1 is 0.750 bits per heavy atom. The lowest BCUT2D eigenvalue weighted by atomic mass is 9.56. The van der Waals surface area contributed by atoms with Gasteiger partial charge in [-0.1, -0.05) is 0 Å². The minimum absolute atomic E-state index is 0.403. The minimum atomic E-state index is 0.403. The Balaban J connectivity index is 1.93. The standard InChI is InChI=1S/C10H14Cl2/c11-9-6-1-5-2-7(4-6)10(12)8(9)3-5/h5-10H,1-4H2/t5?,6?,7?,8?,9-,10-/m1/s1. The van der Waals surface area contributed by atoms with Gasteiger partial charge in [-0.2, -0.15) is 0 Å². The van der Waals surface area contributed by atoms with E-state index in [1.807, 2.05) is 0 Å². The molecular formula is C10H14Cl2. The maximum Gasteiger partial charge on any atom is 0.0406 e.